The van der Waals surface area contributed by atoms with Crippen LogP contribution in [-0.2, 0) is 4.79 Å². The fraction of sp³-hybridized carbons (Fsp3) is 0.550. The van der Waals surface area contributed by atoms with Gasteiger partial charge in [-0.15, -0.1) is 11.8 Å². The van der Waals surface area contributed by atoms with E-state index in [1.54, 1.807) is 11.8 Å². The molecule has 0 bridgehead atoms. The molecule has 0 amide bonds. The number of thioether (sulfide) groups is 1. The Morgan fingerprint density at radius 1 is 1.26 bits per heavy atom. The van der Waals surface area contributed by atoms with E-state index in [0.29, 0.717) is 11.7 Å². The third kappa shape index (κ3) is 3.01. The molecule has 0 saturated heterocycles. The van der Waals surface area contributed by atoms with E-state index in [1.807, 2.05) is 0 Å². The molecule has 2 aliphatic rings. The van der Waals surface area contributed by atoms with Crippen LogP contribution in [-0.4, -0.2) is 23.2 Å². The number of fused-ring (bicyclic) bond motifs is 1. The summed E-state index contributed by atoms with van der Waals surface area (Å²) in [5.74, 6) is 0.844. The zero-order valence-corrected chi connectivity index (χ0v) is 15.0. The summed E-state index contributed by atoms with van der Waals surface area (Å²) in [6, 6.07) is 8.39. The maximum absolute atomic E-state index is 13.1. The van der Waals surface area contributed by atoms with Gasteiger partial charge in [-0.3, -0.25) is 4.79 Å². The van der Waals surface area contributed by atoms with Gasteiger partial charge in [0.15, 0.2) is 5.78 Å². The van der Waals surface area contributed by atoms with Crippen LogP contribution in [0.4, 0.5) is 0 Å². The van der Waals surface area contributed by atoms with E-state index in [4.69, 9.17) is 0 Å². The number of hydrogen-bond donors (Lipinski definition) is 1. The highest BCUT2D eigenvalue weighted by atomic mass is 32.2. The van der Waals surface area contributed by atoms with Gasteiger partial charge >= 0.3 is 0 Å². The predicted molar refractivity (Wildman–Crippen MR) is 96.4 cm³/mol. The number of benzene rings is 1. The van der Waals surface area contributed by atoms with E-state index in [-0.39, 0.29) is 17.4 Å². The average Bonchev–Trinajstić information content (AvgIpc) is 2.56. The molecular weight excluding hydrogens is 304 g/mol. The molecule has 3 heteroatoms. The van der Waals surface area contributed by atoms with Crippen molar-refractivity contribution in [3.8, 4) is 0 Å². The molecule has 0 aromatic heterocycles. The number of rotatable bonds is 2. The van der Waals surface area contributed by atoms with Crippen molar-refractivity contribution in [3.05, 3.63) is 35.4 Å². The van der Waals surface area contributed by atoms with Crippen molar-refractivity contribution in [2.75, 3.05) is 6.26 Å². The minimum absolute atomic E-state index is 0.222. The summed E-state index contributed by atoms with van der Waals surface area (Å²) in [7, 11) is 0. The van der Waals surface area contributed by atoms with Crippen molar-refractivity contribution in [1.82, 2.24) is 0 Å². The Balaban J connectivity index is 1.86. The summed E-state index contributed by atoms with van der Waals surface area (Å²) >= 11 is 1.73. The van der Waals surface area contributed by atoms with Gasteiger partial charge in [-0.2, -0.15) is 0 Å². The maximum atomic E-state index is 13.1. The number of allylic oxidation sites excluding steroid dienone is 1. The smallest absolute Gasteiger partial charge is 0.165 e. The van der Waals surface area contributed by atoms with E-state index in [2.05, 4.69) is 50.4 Å². The molecule has 0 spiro atoms. The zero-order chi connectivity index (χ0) is 16.6. The Hall–Kier alpha value is -1.06. The van der Waals surface area contributed by atoms with E-state index in [0.717, 1.165) is 36.8 Å². The lowest BCUT2D eigenvalue weighted by Crippen LogP contribution is -2.50. The Kier molecular flexibility index (Phi) is 4.70. The molecule has 23 heavy (non-hydrogen) atoms. The molecule has 2 unspecified atom stereocenters. The predicted octanol–water partition coefficient (Wildman–Crippen LogP) is 4.57. The van der Waals surface area contributed by atoms with Crippen LogP contribution in [0.1, 0.15) is 45.1 Å². The van der Waals surface area contributed by atoms with Crippen molar-refractivity contribution in [2.45, 2.75) is 50.5 Å². The standard InChI is InChI=1S/C20H26O2S/c1-13-17-9-6-15(12-14-4-7-16(23-3)8-5-14)19(22)20(17,2)11-10-18(13)21/h4-5,7-8,12-13,17-18,21H,6,9-11H2,1-3H3/b15-12+/t13-,17?,18?,20-/m0/s1. The van der Waals surface area contributed by atoms with Crippen LogP contribution in [0.2, 0.25) is 0 Å². The first-order valence-electron chi connectivity index (χ1n) is 8.53. The van der Waals surface area contributed by atoms with Gasteiger partial charge in [0, 0.05) is 10.3 Å². The average molecular weight is 330 g/mol. The molecule has 3 rings (SSSR count). The Labute approximate surface area is 143 Å². The van der Waals surface area contributed by atoms with Crippen LogP contribution in [0.25, 0.3) is 6.08 Å². The van der Waals surface area contributed by atoms with Crippen molar-refractivity contribution in [3.63, 3.8) is 0 Å². The number of carbonyl (C=O) groups excluding carboxylic acids is 1. The fourth-order valence-corrected chi connectivity index (χ4v) is 4.85. The first-order chi connectivity index (χ1) is 11.0. The minimum Gasteiger partial charge on any atom is -0.393 e. The first-order valence-corrected chi connectivity index (χ1v) is 9.75. The summed E-state index contributed by atoms with van der Waals surface area (Å²) < 4.78 is 0. The molecule has 4 atom stereocenters. The van der Waals surface area contributed by atoms with Gasteiger partial charge in [0.1, 0.15) is 0 Å². The molecule has 1 aromatic rings. The molecular formula is C20H26O2S. The maximum Gasteiger partial charge on any atom is 0.165 e. The quantitative estimate of drug-likeness (QED) is 0.637. The number of hydrogen-bond acceptors (Lipinski definition) is 3. The Bertz CT molecular complexity index is 619. The first kappa shape index (κ1) is 16.8. The number of Topliss-reactive ketones (excluding diaryl/α,β-unsaturated/α-hetero) is 1. The molecule has 0 heterocycles. The van der Waals surface area contributed by atoms with E-state index in [1.165, 1.54) is 4.90 Å². The summed E-state index contributed by atoms with van der Waals surface area (Å²) in [5.41, 5.74) is 1.78. The number of aliphatic hydroxyl groups excluding tert-OH is 1. The molecule has 0 radical (unpaired) electrons. The van der Waals surface area contributed by atoms with Crippen LogP contribution >= 0.6 is 11.8 Å². The van der Waals surface area contributed by atoms with E-state index in [9.17, 15) is 9.90 Å². The Morgan fingerprint density at radius 3 is 2.61 bits per heavy atom. The lowest BCUT2D eigenvalue weighted by atomic mass is 9.55. The van der Waals surface area contributed by atoms with E-state index >= 15 is 0 Å². The van der Waals surface area contributed by atoms with Gasteiger partial charge in [0.25, 0.3) is 0 Å². The fourth-order valence-electron chi connectivity index (χ4n) is 4.44. The molecule has 0 aliphatic heterocycles. The third-order valence-corrected chi connectivity index (χ3v) is 6.75. The van der Waals surface area contributed by atoms with Crippen LogP contribution in [0.3, 0.4) is 0 Å². The number of carbonyl (C=O) groups is 1. The van der Waals surface area contributed by atoms with Crippen molar-refractivity contribution in [1.29, 1.82) is 0 Å². The summed E-state index contributed by atoms with van der Waals surface area (Å²) in [5, 5.41) is 10.1. The number of aliphatic hydroxyl groups is 1. The van der Waals surface area contributed by atoms with Crippen LogP contribution < -0.4 is 0 Å². The van der Waals surface area contributed by atoms with Crippen molar-refractivity contribution in [2.24, 2.45) is 17.3 Å². The van der Waals surface area contributed by atoms with Gasteiger partial charge in [-0.1, -0.05) is 26.0 Å². The molecule has 1 aromatic carbocycles. The molecule has 2 aliphatic carbocycles. The SMILES string of the molecule is CSc1ccc(/C=C2\CCC3[C@H](C)C(O)CC[C@]3(C)C2=O)cc1. The lowest BCUT2D eigenvalue weighted by molar-refractivity contribution is -0.137. The normalized spacial score (nSPS) is 36.1. The number of ketones is 1. The summed E-state index contributed by atoms with van der Waals surface area (Å²) in [4.78, 5) is 14.3. The van der Waals surface area contributed by atoms with Gasteiger partial charge in [0.05, 0.1) is 6.10 Å². The molecule has 124 valence electrons. The molecule has 2 nitrogen and oxygen atoms in total. The summed E-state index contributed by atoms with van der Waals surface area (Å²) in [6.07, 6.45) is 7.29. The van der Waals surface area contributed by atoms with Crippen molar-refractivity contribution >= 4 is 23.6 Å². The minimum atomic E-state index is -0.290. The third-order valence-electron chi connectivity index (χ3n) is 6.01. The highest BCUT2D eigenvalue weighted by Gasteiger charge is 2.51. The second-order valence-electron chi connectivity index (χ2n) is 7.30. The Morgan fingerprint density at radius 2 is 1.96 bits per heavy atom. The zero-order valence-electron chi connectivity index (χ0n) is 14.2. The highest BCUT2D eigenvalue weighted by molar-refractivity contribution is 7.98. The largest absolute Gasteiger partial charge is 0.393 e. The van der Waals surface area contributed by atoms with E-state index < -0.39 is 0 Å². The van der Waals surface area contributed by atoms with Gasteiger partial charge in [-0.25, -0.2) is 0 Å². The monoisotopic (exact) mass is 330 g/mol. The molecule has 1 N–H and O–H groups in total. The van der Waals surface area contributed by atoms with Gasteiger partial charge < -0.3 is 5.11 Å². The second-order valence-corrected chi connectivity index (χ2v) is 8.18. The van der Waals surface area contributed by atoms with Crippen molar-refractivity contribution < 1.29 is 9.90 Å². The van der Waals surface area contributed by atoms with Crippen LogP contribution in [0.5, 0.6) is 0 Å². The molecule has 2 saturated carbocycles. The van der Waals surface area contributed by atoms with Crippen LogP contribution in [0.15, 0.2) is 34.7 Å². The topological polar surface area (TPSA) is 37.3 Å². The van der Waals surface area contributed by atoms with Crippen LogP contribution in [0, 0.1) is 17.3 Å². The van der Waals surface area contributed by atoms with Gasteiger partial charge in [0.2, 0.25) is 0 Å². The molecule has 2 fully saturated rings. The van der Waals surface area contributed by atoms with Gasteiger partial charge in [-0.05, 0) is 73.1 Å². The summed E-state index contributed by atoms with van der Waals surface area (Å²) in [6.45, 7) is 4.22. The lowest BCUT2D eigenvalue weighted by Gasteiger charge is -2.49. The highest BCUT2D eigenvalue weighted by Crippen LogP contribution is 2.52. The second kappa shape index (κ2) is 6.45.